The Kier molecular flexibility index (Phi) is 5.39. The molecule has 2 atom stereocenters. The van der Waals surface area contributed by atoms with Crippen molar-refractivity contribution in [3.05, 3.63) is 0 Å². The number of nitrogens with zero attached hydrogens (tertiary/aromatic N) is 1. The molecule has 4 heteroatoms. The van der Waals surface area contributed by atoms with Gasteiger partial charge in [-0.2, -0.15) is 0 Å². The van der Waals surface area contributed by atoms with Gasteiger partial charge in [-0.15, -0.1) is 0 Å². The number of hydrogen-bond acceptors (Lipinski definition) is 3. The summed E-state index contributed by atoms with van der Waals surface area (Å²) in [4.78, 5) is 13.8. The van der Waals surface area contributed by atoms with E-state index in [4.69, 9.17) is 0 Å². The Labute approximate surface area is 117 Å². The van der Waals surface area contributed by atoms with Gasteiger partial charge in [0.15, 0.2) is 0 Å². The molecule has 4 nitrogen and oxygen atoms in total. The minimum atomic E-state index is -0.797. The molecule has 1 aliphatic heterocycles. The van der Waals surface area contributed by atoms with Crippen LogP contribution in [0.1, 0.15) is 47.5 Å². The van der Waals surface area contributed by atoms with Crippen molar-refractivity contribution in [2.24, 2.45) is 11.3 Å². The van der Waals surface area contributed by atoms with Gasteiger partial charge in [0.25, 0.3) is 0 Å². The Morgan fingerprint density at radius 3 is 2.42 bits per heavy atom. The minimum Gasteiger partial charge on any atom is -0.480 e. The molecule has 0 aromatic heterocycles. The smallest absolute Gasteiger partial charge is 0.323 e. The van der Waals surface area contributed by atoms with Gasteiger partial charge in [-0.25, -0.2) is 0 Å². The van der Waals surface area contributed by atoms with E-state index in [1.807, 2.05) is 6.92 Å². The van der Waals surface area contributed by atoms with Crippen molar-refractivity contribution in [3.63, 3.8) is 0 Å². The second kappa shape index (κ2) is 6.23. The van der Waals surface area contributed by atoms with Crippen LogP contribution in [0.5, 0.6) is 0 Å². The van der Waals surface area contributed by atoms with Gasteiger partial charge in [-0.3, -0.25) is 4.79 Å². The van der Waals surface area contributed by atoms with Crippen molar-refractivity contribution in [3.8, 4) is 0 Å². The van der Waals surface area contributed by atoms with Crippen molar-refractivity contribution in [2.45, 2.75) is 53.0 Å². The fourth-order valence-corrected chi connectivity index (χ4v) is 2.79. The number of aliphatic carboxylic acids is 1. The summed E-state index contributed by atoms with van der Waals surface area (Å²) in [5, 5.41) is 12.4. The summed E-state index contributed by atoms with van der Waals surface area (Å²) in [5.74, 6) is -0.0244. The van der Waals surface area contributed by atoms with E-state index in [1.54, 1.807) is 6.92 Å². The van der Waals surface area contributed by atoms with Crippen LogP contribution in [0.25, 0.3) is 0 Å². The summed E-state index contributed by atoms with van der Waals surface area (Å²) >= 11 is 0. The molecule has 0 amide bonds. The zero-order valence-electron chi connectivity index (χ0n) is 13.1. The van der Waals surface area contributed by atoms with Crippen molar-refractivity contribution >= 4 is 5.97 Å². The van der Waals surface area contributed by atoms with E-state index in [9.17, 15) is 9.90 Å². The van der Waals surface area contributed by atoms with E-state index in [0.29, 0.717) is 18.4 Å². The number of likely N-dealkylation sites (tertiary alicyclic amines) is 1. The fraction of sp³-hybridized carbons (Fsp3) is 0.933. The molecule has 0 aromatic carbocycles. The van der Waals surface area contributed by atoms with E-state index < -0.39 is 11.5 Å². The molecule has 0 saturated carbocycles. The van der Waals surface area contributed by atoms with Crippen molar-refractivity contribution in [2.75, 3.05) is 26.2 Å². The molecule has 0 bridgehead atoms. The molecule has 19 heavy (non-hydrogen) atoms. The van der Waals surface area contributed by atoms with Crippen LogP contribution < -0.4 is 5.32 Å². The van der Waals surface area contributed by atoms with Crippen LogP contribution >= 0.6 is 0 Å². The van der Waals surface area contributed by atoms with E-state index >= 15 is 0 Å². The lowest BCUT2D eigenvalue weighted by molar-refractivity contribution is -0.144. The SMILES string of the molecule is CCNC(C)(CCN1CCC(C(C)(C)C)C1)C(=O)O. The predicted octanol–water partition coefficient (Wildman–Crippen LogP) is 2.20. The fourth-order valence-electron chi connectivity index (χ4n) is 2.79. The quantitative estimate of drug-likeness (QED) is 0.777. The number of carboxylic acids is 1. The van der Waals surface area contributed by atoms with Gasteiger partial charge in [0.2, 0.25) is 0 Å². The molecule has 1 saturated heterocycles. The van der Waals surface area contributed by atoms with Crippen molar-refractivity contribution in [1.82, 2.24) is 10.2 Å². The van der Waals surface area contributed by atoms with Crippen LogP contribution in [0, 0.1) is 11.3 Å². The number of carboxylic acid groups (broad SMARTS) is 1. The van der Waals surface area contributed by atoms with Crippen LogP contribution in [0.4, 0.5) is 0 Å². The van der Waals surface area contributed by atoms with Crippen molar-refractivity contribution in [1.29, 1.82) is 0 Å². The highest BCUT2D eigenvalue weighted by molar-refractivity contribution is 5.78. The summed E-state index contributed by atoms with van der Waals surface area (Å²) in [6.07, 6.45) is 1.89. The normalized spacial score (nSPS) is 24.4. The number of likely N-dealkylation sites (N-methyl/N-ethyl adjacent to an activating group) is 1. The highest BCUT2D eigenvalue weighted by atomic mass is 16.4. The Bertz CT molecular complexity index is 312. The number of hydrogen-bond donors (Lipinski definition) is 2. The van der Waals surface area contributed by atoms with Crippen LogP contribution in [-0.4, -0.2) is 47.7 Å². The van der Waals surface area contributed by atoms with Gasteiger partial charge in [0.1, 0.15) is 5.54 Å². The average Bonchev–Trinajstić information content (AvgIpc) is 2.75. The molecule has 2 unspecified atom stereocenters. The first kappa shape index (κ1) is 16.4. The zero-order valence-corrected chi connectivity index (χ0v) is 13.1. The standard InChI is InChI=1S/C15H30N2O2/c1-6-16-15(5,13(18)19)8-10-17-9-7-12(11-17)14(2,3)4/h12,16H,6-11H2,1-5H3,(H,18,19). The maximum atomic E-state index is 11.4. The topological polar surface area (TPSA) is 52.6 Å². The average molecular weight is 270 g/mol. The molecule has 2 N–H and O–H groups in total. The summed E-state index contributed by atoms with van der Waals surface area (Å²) in [7, 11) is 0. The molecular formula is C15H30N2O2. The molecule has 1 heterocycles. The molecule has 1 aliphatic rings. The summed E-state index contributed by atoms with van der Waals surface area (Å²) < 4.78 is 0. The van der Waals surface area contributed by atoms with Crippen LogP contribution in [0.3, 0.4) is 0 Å². The predicted molar refractivity (Wildman–Crippen MR) is 78.3 cm³/mol. The largest absolute Gasteiger partial charge is 0.480 e. The molecule has 0 spiro atoms. The minimum absolute atomic E-state index is 0.354. The maximum absolute atomic E-state index is 11.4. The monoisotopic (exact) mass is 270 g/mol. The summed E-state index contributed by atoms with van der Waals surface area (Å²) in [6.45, 7) is 14.4. The highest BCUT2D eigenvalue weighted by Gasteiger charge is 2.35. The van der Waals surface area contributed by atoms with Crippen LogP contribution in [0.2, 0.25) is 0 Å². The van der Waals surface area contributed by atoms with Crippen molar-refractivity contribution < 1.29 is 9.90 Å². The first-order valence-corrected chi connectivity index (χ1v) is 7.40. The molecular weight excluding hydrogens is 240 g/mol. The number of nitrogens with one attached hydrogen (secondary N) is 1. The van der Waals surface area contributed by atoms with Crippen LogP contribution in [0.15, 0.2) is 0 Å². The first-order chi connectivity index (χ1) is 8.69. The molecule has 1 rings (SSSR count). The molecule has 112 valence electrons. The van der Waals surface area contributed by atoms with E-state index in [-0.39, 0.29) is 0 Å². The van der Waals surface area contributed by atoms with E-state index in [0.717, 1.165) is 25.6 Å². The Morgan fingerprint density at radius 2 is 2.00 bits per heavy atom. The molecule has 1 fully saturated rings. The van der Waals surface area contributed by atoms with Gasteiger partial charge < -0.3 is 15.3 Å². The third-order valence-corrected chi connectivity index (χ3v) is 4.46. The lowest BCUT2D eigenvalue weighted by Gasteiger charge is -2.29. The lowest BCUT2D eigenvalue weighted by atomic mass is 9.80. The Hall–Kier alpha value is -0.610. The molecule has 0 aromatic rings. The van der Waals surface area contributed by atoms with E-state index in [1.165, 1.54) is 6.42 Å². The zero-order chi connectivity index (χ0) is 14.7. The van der Waals surface area contributed by atoms with Gasteiger partial charge in [0.05, 0.1) is 0 Å². The second-order valence-electron chi connectivity index (χ2n) is 7.07. The molecule has 0 aliphatic carbocycles. The lowest BCUT2D eigenvalue weighted by Crippen LogP contribution is -2.51. The Balaban J connectivity index is 2.47. The van der Waals surface area contributed by atoms with Gasteiger partial charge >= 0.3 is 5.97 Å². The van der Waals surface area contributed by atoms with E-state index in [2.05, 4.69) is 31.0 Å². The second-order valence-corrected chi connectivity index (χ2v) is 7.07. The molecule has 0 radical (unpaired) electrons. The third-order valence-electron chi connectivity index (χ3n) is 4.46. The Morgan fingerprint density at radius 1 is 1.37 bits per heavy atom. The number of rotatable bonds is 6. The highest BCUT2D eigenvalue weighted by Crippen LogP contribution is 2.33. The third kappa shape index (κ3) is 4.46. The maximum Gasteiger partial charge on any atom is 0.323 e. The van der Waals surface area contributed by atoms with Crippen LogP contribution in [-0.2, 0) is 4.79 Å². The van der Waals surface area contributed by atoms with Gasteiger partial charge in [0, 0.05) is 13.1 Å². The van der Waals surface area contributed by atoms with Gasteiger partial charge in [-0.1, -0.05) is 27.7 Å². The first-order valence-electron chi connectivity index (χ1n) is 7.40. The number of carbonyl (C=O) groups is 1. The summed E-state index contributed by atoms with van der Waals surface area (Å²) in [6, 6.07) is 0. The van der Waals surface area contributed by atoms with Gasteiger partial charge in [-0.05, 0) is 44.2 Å². The summed E-state index contributed by atoms with van der Waals surface area (Å²) in [5.41, 5.74) is -0.443.